The molecule has 3 rings (SSSR count). The Morgan fingerprint density at radius 2 is 1.91 bits per heavy atom. The molecule has 2 aliphatic rings. The summed E-state index contributed by atoms with van der Waals surface area (Å²) < 4.78 is 41.7. The van der Waals surface area contributed by atoms with E-state index in [0.717, 1.165) is 31.4 Å². The van der Waals surface area contributed by atoms with Crippen molar-refractivity contribution in [1.82, 2.24) is 4.31 Å². The van der Waals surface area contributed by atoms with Gasteiger partial charge in [0.2, 0.25) is 10.0 Å². The average molecular weight is 339 g/mol. The monoisotopic (exact) mass is 339 g/mol. The summed E-state index contributed by atoms with van der Waals surface area (Å²) in [5.74, 6) is -2.68. The first-order valence-corrected chi connectivity index (χ1v) is 9.05. The number of carbonyl (C=O) groups is 1. The molecule has 0 unspecified atom stereocenters. The predicted molar refractivity (Wildman–Crippen MR) is 82.2 cm³/mol. The fourth-order valence-electron chi connectivity index (χ4n) is 3.54. The summed E-state index contributed by atoms with van der Waals surface area (Å²) in [5, 5.41) is 9.00. The maximum atomic E-state index is 14.4. The van der Waals surface area contributed by atoms with Crippen LogP contribution >= 0.6 is 0 Å². The van der Waals surface area contributed by atoms with Crippen LogP contribution in [0.2, 0.25) is 0 Å². The minimum Gasteiger partial charge on any atom is -0.478 e. The molecule has 0 atom stereocenters. The third-order valence-electron chi connectivity index (χ3n) is 4.68. The van der Waals surface area contributed by atoms with Gasteiger partial charge in [0.15, 0.2) is 5.82 Å². The van der Waals surface area contributed by atoms with Gasteiger partial charge in [0.25, 0.3) is 0 Å². The molecule has 0 bridgehead atoms. The second-order valence-corrected chi connectivity index (χ2v) is 7.86. The zero-order chi connectivity index (χ0) is 16.7. The zero-order valence-electron chi connectivity index (χ0n) is 12.5. The Morgan fingerprint density at radius 1 is 1.22 bits per heavy atom. The highest BCUT2D eigenvalue weighted by Gasteiger charge is 2.46. The van der Waals surface area contributed by atoms with Gasteiger partial charge in [-0.2, -0.15) is 4.31 Å². The van der Waals surface area contributed by atoms with Gasteiger partial charge in [-0.05, 0) is 25.0 Å². The predicted octanol–water partition coefficient (Wildman–Crippen LogP) is 2.79. The van der Waals surface area contributed by atoms with Crippen molar-refractivity contribution in [1.29, 1.82) is 0 Å². The molecule has 1 spiro atoms. The Kier molecular flexibility index (Phi) is 4.01. The number of rotatable bonds is 3. The van der Waals surface area contributed by atoms with Crippen LogP contribution in [0.25, 0.3) is 0 Å². The lowest BCUT2D eigenvalue weighted by Gasteiger charge is -2.40. The summed E-state index contributed by atoms with van der Waals surface area (Å²) in [5.41, 5.74) is -1.22. The van der Waals surface area contributed by atoms with Crippen LogP contribution in [-0.4, -0.2) is 35.9 Å². The molecule has 1 N–H and O–H groups in total. The molecular formula is C16H18FNO4S. The second-order valence-electron chi connectivity index (χ2n) is 6.03. The van der Waals surface area contributed by atoms with Crippen LogP contribution in [-0.2, 0) is 10.0 Å². The summed E-state index contributed by atoms with van der Waals surface area (Å²) in [6.07, 6.45) is 8.03. The molecule has 0 amide bonds. The highest BCUT2D eigenvalue weighted by molar-refractivity contribution is 7.89. The smallest absolute Gasteiger partial charge is 0.338 e. The molecule has 0 saturated heterocycles. The van der Waals surface area contributed by atoms with E-state index in [4.69, 9.17) is 5.11 Å². The van der Waals surface area contributed by atoms with Gasteiger partial charge in [-0.15, -0.1) is 0 Å². The van der Waals surface area contributed by atoms with Crippen LogP contribution in [0.15, 0.2) is 35.2 Å². The Hall–Kier alpha value is -1.73. The Labute approximate surface area is 134 Å². The van der Waals surface area contributed by atoms with E-state index in [1.165, 1.54) is 10.4 Å². The molecule has 5 nitrogen and oxygen atoms in total. The molecule has 1 aromatic rings. The van der Waals surface area contributed by atoms with E-state index >= 15 is 0 Å². The standard InChI is InChI=1S/C16H18FNO4S/c17-14-12(15(19)20)6-4-7-13(14)23(21,22)18-11-5-10-16(18)8-2-1-3-9-16/h4-7,10H,1-3,8-9,11H2,(H,19,20). The molecule has 23 heavy (non-hydrogen) atoms. The number of aromatic carboxylic acids is 1. The van der Waals surface area contributed by atoms with E-state index in [1.807, 2.05) is 6.08 Å². The highest BCUT2D eigenvalue weighted by Crippen LogP contribution is 2.41. The molecule has 7 heteroatoms. The van der Waals surface area contributed by atoms with Crippen LogP contribution in [0.1, 0.15) is 42.5 Å². The van der Waals surface area contributed by atoms with Crippen molar-refractivity contribution in [3.8, 4) is 0 Å². The first-order chi connectivity index (χ1) is 10.9. The Balaban J connectivity index is 2.06. The second kappa shape index (κ2) is 5.72. The molecule has 0 aromatic heterocycles. The van der Waals surface area contributed by atoms with E-state index in [0.29, 0.717) is 12.8 Å². The topological polar surface area (TPSA) is 74.7 Å². The maximum Gasteiger partial charge on any atom is 0.338 e. The third kappa shape index (κ3) is 2.57. The van der Waals surface area contributed by atoms with Gasteiger partial charge in [-0.1, -0.05) is 37.5 Å². The molecule has 0 radical (unpaired) electrons. The van der Waals surface area contributed by atoms with Crippen LogP contribution in [0.3, 0.4) is 0 Å². The minimum absolute atomic E-state index is 0.194. The third-order valence-corrected chi connectivity index (χ3v) is 6.64. The number of carboxylic acid groups (broad SMARTS) is 1. The van der Waals surface area contributed by atoms with Gasteiger partial charge in [-0.3, -0.25) is 0 Å². The summed E-state index contributed by atoms with van der Waals surface area (Å²) in [7, 11) is -4.10. The zero-order valence-corrected chi connectivity index (χ0v) is 13.4. The van der Waals surface area contributed by atoms with Crippen LogP contribution in [0, 0.1) is 5.82 Å². The largest absolute Gasteiger partial charge is 0.478 e. The van der Waals surface area contributed by atoms with E-state index in [-0.39, 0.29) is 6.54 Å². The van der Waals surface area contributed by atoms with E-state index in [1.54, 1.807) is 6.08 Å². The Morgan fingerprint density at radius 3 is 2.57 bits per heavy atom. The lowest BCUT2D eigenvalue weighted by molar-refractivity contribution is 0.0691. The summed E-state index contributed by atoms with van der Waals surface area (Å²) >= 11 is 0. The summed E-state index contributed by atoms with van der Waals surface area (Å²) in [4.78, 5) is 10.5. The summed E-state index contributed by atoms with van der Waals surface area (Å²) in [6, 6.07) is 3.46. The molecule has 1 saturated carbocycles. The number of nitrogens with zero attached hydrogens (tertiary/aromatic N) is 1. The van der Waals surface area contributed by atoms with Crippen molar-refractivity contribution < 1.29 is 22.7 Å². The quantitative estimate of drug-likeness (QED) is 0.859. The van der Waals surface area contributed by atoms with Crippen molar-refractivity contribution in [2.45, 2.75) is 42.5 Å². The highest BCUT2D eigenvalue weighted by atomic mass is 32.2. The first kappa shape index (κ1) is 16.1. The number of hydrogen-bond acceptors (Lipinski definition) is 3. The minimum atomic E-state index is -4.10. The molecule has 1 aliphatic heterocycles. The van der Waals surface area contributed by atoms with E-state index in [9.17, 15) is 17.6 Å². The van der Waals surface area contributed by atoms with Crippen LogP contribution in [0.4, 0.5) is 4.39 Å². The van der Waals surface area contributed by atoms with Crippen molar-refractivity contribution in [3.05, 3.63) is 41.7 Å². The lowest BCUT2D eigenvalue weighted by atomic mass is 9.83. The maximum absolute atomic E-state index is 14.4. The van der Waals surface area contributed by atoms with Crippen LogP contribution in [0.5, 0.6) is 0 Å². The van der Waals surface area contributed by atoms with Crippen molar-refractivity contribution in [2.24, 2.45) is 0 Å². The number of hydrogen-bond donors (Lipinski definition) is 1. The molecule has 124 valence electrons. The van der Waals surface area contributed by atoms with Crippen LogP contribution < -0.4 is 0 Å². The summed E-state index contributed by atoms with van der Waals surface area (Å²) in [6.45, 7) is 0.194. The molecule has 1 aromatic carbocycles. The van der Waals surface area contributed by atoms with E-state index in [2.05, 4.69) is 0 Å². The van der Waals surface area contributed by atoms with Gasteiger partial charge in [0.05, 0.1) is 11.1 Å². The fraction of sp³-hybridized carbons (Fsp3) is 0.438. The number of benzene rings is 1. The number of halogens is 1. The van der Waals surface area contributed by atoms with Gasteiger partial charge in [0.1, 0.15) is 4.90 Å². The van der Waals surface area contributed by atoms with Gasteiger partial charge in [0, 0.05) is 6.54 Å². The lowest BCUT2D eigenvalue weighted by Crippen LogP contribution is -2.48. The number of carboxylic acids is 1. The normalized spacial score (nSPS) is 20.9. The van der Waals surface area contributed by atoms with Gasteiger partial charge < -0.3 is 5.11 Å². The molecule has 1 heterocycles. The SMILES string of the molecule is O=C(O)c1cccc(S(=O)(=O)N2CC=CC23CCCCC3)c1F. The van der Waals surface area contributed by atoms with Gasteiger partial charge in [-0.25, -0.2) is 17.6 Å². The first-order valence-electron chi connectivity index (χ1n) is 7.61. The number of sulfonamides is 1. The average Bonchev–Trinajstić information content (AvgIpc) is 2.91. The fourth-order valence-corrected chi connectivity index (χ4v) is 5.37. The van der Waals surface area contributed by atoms with E-state index < -0.39 is 37.8 Å². The molecule has 1 aliphatic carbocycles. The van der Waals surface area contributed by atoms with Crippen molar-refractivity contribution in [2.75, 3.05) is 6.54 Å². The molecular weight excluding hydrogens is 321 g/mol. The van der Waals surface area contributed by atoms with Gasteiger partial charge >= 0.3 is 5.97 Å². The van der Waals surface area contributed by atoms with Crippen molar-refractivity contribution in [3.63, 3.8) is 0 Å². The van der Waals surface area contributed by atoms with Crippen molar-refractivity contribution >= 4 is 16.0 Å². The molecule has 1 fully saturated rings. The Bertz CT molecular complexity index is 766.